The zero-order chi connectivity index (χ0) is 15.4. The minimum Gasteiger partial charge on any atom is -0.496 e. The van der Waals surface area contributed by atoms with Gasteiger partial charge in [-0.3, -0.25) is 4.79 Å². The number of halogens is 2. The molecule has 0 aliphatic carbocycles. The summed E-state index contributed by atoms with van der Waals surface area (Å²) >= 11 is 11.9. The fourth-order valence-corrected chi connectivity index (χ4v) is 2.59. The quantitative estimate of drug-likeness (QED) is 0.885. The summed E-state index contributed by atoms with van der Waals surface area (Å²) in [4.78, 5) is 11.6. The highest BCUT2D eigenvalue weighted by Gasteiger charge is 2.22. The number of carboxylic acid groups (broad SMARTS) is 1. The van der Waals surface area contributed by atoms with Gasteiger partial charge < -0.3 is 9.84 Å². The number of benzene rings is 2. The maximum Gasteiger partial charge on any atom is 0.311 e. The first kappa shape index (κ1) is 15.7. The average Bonchev–Trinajstić information content (AvgIpc) is 2.44. The van der Waals surface area contributed by atoms with Crippen molar-refractivity contribution in [2.24, 2.45) is 0 Å². The van der Waals surface area contributed by atoms with Crippen molar-refractivity contribution >= 4 is 29.2 Å². The standard InChI is InChI=1S/C16H14Cl2O3/c1-21-15-6-5-13(18)8-11(15)9-14(16(19)20)10-3-2-4-12(17)7-10/h2-8,14H,9H2,1H3,(H,19,20). The molecule has 0 saturated carbocycles. The van der Waals surface area contributed by atoms with Gasteiger partial charge in [-0.15, -0.1) is 0 Å². The Kier molecular flexibility index (Phi) is 5.10. The van der Waals surface area contributed by atoms with Crippen LogP contribution in [0.2, 0.25) is 10.0 Å². The summed E-state index contributed by atoms with van der Waals surface area (Å²) in [5.74, 6) is -1.01. The molecule has 1 atom stereocenters. The monoisotopic (exact) mass is 324 g/mol. The number of methoxy groups -OCH3 is 1. The molecule has 0 aromatic heterocycles. The molecule has 2 rings (SSSR count). The van der Waals surface area contributed by atoms with Crippen LogP contribution >= 0.6 is 23.2 Å². The number of hydrogen-bond acceptors (Lipinski definition) is 2. The van der Waals surface area contributed by atoms with Crippen molar-refractivity contribution in [3.63, 3.8) is 0 Å². The van der Waals surface area contributed by atoms with Crippen LogP contribution in [-0.4, -0.2) is 18.2 Å². The molecule has 0 aliphatic rings. The Morgan fingerprint density at radius 2 is 1.90 bits per heavy atom. The van der Waals surface area contributed by atoms with Gasteiger partial charge in [0, 0.05) is 10.0 Å². The topological polar surface area (TPSA) is 46.5 Å². The molecule has 3 nitrogen and oxygen atoms in total. The molecular weight excluding hydrogens is 311 g/mol. The van der Waals surface area contributed by atoms with Crippen LogP contribution in [0.25, 0.3) is 0 Å². The molecule has 5 heteroatoms. The van der Waals surface area contributed by atoms with Crippen molar-refractivity contribution in [3.05, 3.63) is 63.6 Å². The predicted molar refractivity (Wildman–Crippen MR) is 83.5 cm³/mol. The molecule has 0 radical (unpaired) electrons. The van der Waals surface area contributed by atoms with E-state index in [2.05, 4.69) is 0 Å². The minimum absolute atomic E-state index is 0.277. The summed E-state index contributed by atoms with van der Waals surface area (Å²) in [6.07, 6.45) is 0.277. The zero-order valence-corrected chi connectivity index (χ0v) is 12.9. The van der Waals surface area contributed by atoms with E-state index >= 15 is 0 Å². The van der Waals surface area contributed by atoms with Crippen molar-refractivity contribution in [1.29, 1.82) is 0 Å². The molecule has 2 aromatic carbocycles. The van der Waals surface area contributed by atoms with Crippen LogP contribution in [0.1, 0.15) is 17.0 Å². The van der Waals surface area contributed by atoms with Crippen LogP contribution in [0, 0.1) is 0 Å². The summed E-state index contributed by atoms with van der Waals surface area (Å²) in [6, 6.07) is 12.0. The third-order valence-corrected chi connectivity index (χ3v) is 3.69. The van der Waals surface area contributed by atoms with E-state index in [1.54, 1.807) is 49.6 Å². The highest BCUT2D eigenvalue weighted by atomic mass is 35.5. The highest BCUT2D eigenvalue weighted by molar-refractivity contribution is 6.31. The van der Waals surface area contributed by atoms with E-state index in [4.69, 9.17) is 27.9 Å². The zero-order valence-electron chi connectivity index (χ0n) is 11.3. The van der Waals surface area contributed by atoms with Gasteiger partial charge in [-0.2, -0.15) is 0 Å². The number of hydrogen-bond donors (Lipinski definition) is 1. The Balaban J connectivity index is 2.37. The fourth-order valence-electron chi connectivity index (χ4n) is 2.20. The lowest BCUT2D eigenvalue weighted by atomic mass is 9.91. The van der Waals surface area contributed by atoms with Gasteiger partial charge in [0.25, 0.3) is 0 Å². The Morgan fingerprint density at radius 3 is 2.52 bits per heavy atom. The fraction of sp³-hybridized carbons (Fsp3) is 0.188. The largest absolute Gasteiger partial charge is 0.496 e. The summed E-state index contributed by atoms with van der Waals surface area (Å²) < 4.78 is 5.26. The van der Waals surface area contributed by atoms with Crippen LogP contribution < -0.4 is 4.74 Å². The summed E-state index contributed by atoms with van der Waals surface area (Å²) in [5.41, 5.74) is 1.40. The SMILES string of the molecule is COc1ccc(Cl)cc1CC(C(=O)O)c1cccc(Cl)c1. The molecule has 0 bridgehead atoms. The second-order valence-corrected chi connectivity index (χ2v) is 5.48. The molecule has 21 heavy (non-hydrogen) atoms. The Labute approximate surface area is 133 Å². The van der Waals surface area contributed by atoms with Gasteiger partial charge in [0.15, 0.2) is 0 Å². The van der Waals surface area contributed by atoms with Gasteiger partial charge in [0.1, 0.15) is 5.75 Å². The Morgan fingerprint density at radius 1 is 1.19 bits per heavy atom. The minimum atomic E-state index is -0.917. The van der Waals surface area contributed by atoms with E-state index in [0.29, 0.717) is 21.4 Å². The number of aliphatic carboxylic acids is 1. The van der Waals surface area contributed by atoms with Gasteiger partial charge >= 0.3 is 5.97 Å². The Hall–Kier alpha value is -1.71. The van der Waals surface area contributed by atoms with E-state index in [1.807, 2.05) is 0 Å². The van der Waals surface area contributed by atoms with Crippen molar-refractivity contribution in [2.45, 2.75) is 12.3 Å². The number of carboxylic acids is 1. The molecule has 0 spiro atoms. The molecule has 2 aromatic rings. The summed E-state index contributed by atoms with van der Waals surface area (Å²) in [7, 11) is 1.54. The summed E-state index contributed by atoms with van der Waals surface area (Å²) in [6.45, 7) is 0. The Bertz CT molecular complexity index is 656. The van der Waals surface area contributed by atoms with Crippen LogP contribution in [0.5, 0.6) is 5.75 Å². The van der Waals surface area contributed by atoms with Crippen molar-refractivity contribution < 1.29 is 14.6 Å². The molecule has 1 unspecified atom stereocenters. The third-order valence-electron chi connectivity index (χ3n) is 3.22. The van der Waals surface area contributed by atoms with Gasteiger partial charge in [-0.1, -0.05) is 35.3 Å². The van der Waals surface area contributed by atoms with Crippen molar-refractivity contribution in [3.8, 4) is 5.75 Å². The second-order valence-electron chi connectivity index (χ2n) is 4.61. The first-order valence-electron chi connectivity index (χ1n) is 6.32. The molecular formula is C16H14Cl2O3. The van der Waals surface area contributed by atoms with Gasteiger partial charge in [-0.05, 0) is 47.9 Å². The number of ether oxygens (including phenoxy) is 1. The van der Waals surface area contributed by atoms with E-state index in [1.165, 1.54) is 0 Å². The van der Waals surface area contributed by atoms with Gasteiger partial charge in [0.05, 0.1) is 13.0 Å². The average molecular weight is 325 g/mol. The maximum atomic E-state index is 11.6. The van der Waals surface area contributed by atoms with Gasteiger partial charge in [-0.25, -0.2) is 0 Å². The predicted octanol–water partition coefficient (Wildman–Crippen LogP) is 4.41. The van der Waals surface area contributed by atoms with Crippen LogP contribution in [0.4, 0.5) is 0 Å². The maximum absolute atomic E-state index is 11.6. The first-order chi connectivity index (χ1) is 10.0. The number of carbonyl (C=O) groups is 1. The molecule has 0 fully saturated rings. The molecule has 0 heterocycles. The van der Waals surface area contributed by atoms with Crippen LogP contribution in [-0.2, 0) is 11.2 Å². The normalized spacial score (nSPS) is 12.0. The summed E-state index contributed by atoms with van der Waals surface area (Å²) in [5, 5.41) is 10.5. The van der Waals surface area contributed by atoms with Crippen molar-refractivity contribution in [2.75, 3.05) is 7.11 Å². The van der Waals surface area contributed by atoms with E-state index in [0.717, 1.165) is 5.56 Å². The lowest BCUT2D eigenvalue weighted by Gasteiger charge is -2.15. The van der Waals surface area contributed by atoms with E-state index in [9.17, 15) is 9.90 Å². The second kappa shape index (κ2) is 6.83. The highest BCUT2D eigenvalue weighted by Crippen LogP contribution is 2.30. The molecule has 0 saturated heterocycles. The first-order valence-corrected chi connectivity index (χ1v) is 7.07. The van der Waals surface area contributed by atoms with Crippen LogP contribution in [0.3, 0.4) is 0 Å². The van der Waals surface area contributed by atoms with Gasteiger partial charge in [0.2, 0.25) is 0 Å². The third kappa shape index (κ3) is 3.90. The lowest BCUT2D eigenvalue weighted by Crippen LogP contribution is -2.15. The van der Waals surface area contributed by atoms with Crippen molar-refractivity contribution in [1.82, 2.24) is 0 Å². The van der Waals surface area contributed by atoms with E-state index < -0.39 is 11.9 Å². The van der Waals surface area contributed by atoms with Crippen LogP contribution in [0.15, 0.2) is 42.5 Å². The lowest BCUT2D eigenvalue weighted by molar-refractivity contribution is -0.138. The molecule has 110 valence electrons. The molecule has 1 N–H and O–H groups in total. The smallest absolute Gasteiger partial charge is 0.311 e. The van der Waals surface area contributed by atoms with E-state index in [-0.39, 0.29) is 6.42 Å². The molecule has 0 aliphatic heterocycles. The molecule has 0 amide bonds. The number of rotatable bonds is 5.